The van der Waals surface area contributed by atoms with E-state index >= 15 is 0 Å². The normalized spacial score (nSPS) is 14.7. The molecule has 0 radical (unpaired) electrons. The summed E-state index contributed by atoms with van der Waals surface area (Å²) < 4.78 is 24.6. The fraction of sp³-hybridized carbons (Fsp3) is 0.120. The lowest BCUT2D eigenvalue weighted by atomic mass is 10.1. The number of thioether (sulfide) groups is 1. The van der Waals surface area contributed by atoms with Crippen molar-refractivity contribution in [2.75, 3.05) is 7.11 Å². The van der Waals surface area contributed by atoms with E-state index in [9.17, 15) is 14.0 Å². The predicted octanol–water partition coefficient (Wildman–Crippen LogP) is 6.96. The van der Waals surface area contributed by atoms with Crippen molar-refractivity contribution in [1.82, 2.24) is 4.90 Å². The van der Waals surface area contributed by atoms with Crippen molar-refractivity contribution in [1.29, 1.82) is 0 Å². The van der Waals surface area contributed by atoms with Crippen LogP contribution >= 0.6 is 35.0 Å². The monoisotopic (exact) mass is 517 g/mol. The Kier molecular flexibility index (Phi) is 7.46. The molecular weight excluding hydrogens is 500 g/mol. The average molecular weight is 518 g/mol. The van der Waals surface area contributed by atoms with Gasteiger partial charge < -0.3 is 9.47 Å². The second kappa shape index (κ2) is 10.5. The first-order valence-corrected chi connectivity index (χ1v) is 11.7. The lowest BCUT2D eigenvalue weighted by Gasteiger charge is -2.13. The molecule has 1 aliphatic rings. The lowest BCUT2D eigenvalue weighted by molar-refractivity contribution is -0.123. The van der Waals surface area contributed by atoms with Gasteiger partial charge in [-0.1, -0.05) is 53.5 Å². The number of rotatable bonds is 7. The number of ether oxygens (including phenoxy) is 2. The molecule has 1 heterocycles. The highest BCUT2D eigenvalue weighted by Gasteiger charge is 2.35. The standard InChI is InChI=1S/C25H18Cl2FNO4S/c1-32-21-9-6-15(10-22(21)33-14-17-4-2-3-5-19(17)26)11-23-24(30)29(25(31)34-23)13-16-7-8-18(28)12-20(16)27/h2-12H,13-14H2,1H3/b23-11-. The minimum atomic E-state index is -0.491. The van der Waals surface area contributed by atoms with Crippen molar-refractivity contribution in [2.45, 2.75) is 13.2 Å². The Morgan fingerprint density at radius 1 is 0.971 bits per heavy atom. The van der Waals surface area contributed by atoms with Crippen LogP contribution in [0, 0.1) is 5.82 Å². The van der Waals surface area contributed by atoms with Crippen molar-refractivity contribution in [2.24, 2.45) is 0 Å². The van der Waals surface area contributed by atoms with E-state index in [1.165, 1.54) is 19.2 Å². The number of amides is 2. The summed E-state index contributed by atoms with van der Waals surface area (Å²) in [6, 6.07) is 16.4. The molecule has 1 fully saturated rings. The van der Waals surface area contributed by atoms with Crippen LogP contribution < -0.4 is 9.47 Å². The average Bonchev–Trinajstić information content (AvgIpc) is 3.07. The second-order valence-corrected chi connectivity index (χ2v) is 9.10. The molecule has 5 nitrogen and oxygen atoms in total. The minimum Gasteiger partial charge on any atom is -0.493 e. The van der Waals surface area contributed by atoms with E-state index in [0.717, 1.165) is 28.3 Å². The van der Waals surface area contributed by atoms with Gasteiger partial charge in [0.2, 0.25) is 0 Å². The highest BCUT2D eigenvalue weighted by atomic mass is 35.5. The van der Waals surface area contributed by atoms with E-state index in [1.807, 2.05) is 18.2 Å². The Balaban J connectivity index is 1.54. The number of imide groups is 1. The van der Waals surface area contributed by atoms with Crippen LogP contribution in [0.3, 0.4) is 0 Å². The Morgan fingerprint density at radius 3 is 2.50 bits per heavy atom. The van der Waals surface area contributed by atoms with Crippen molar-refractivity contribution in [3.05, 3.63) is 98.1 Å². The highest BCUT2D eigenvalue weighted by Crippen LogP contribution is 2.36. The smallest absolute Gasteiger partial charge is 0.293 e. The van der Waals surface area contributed by atoms with Gasteiger partial charge >= 0.3 is 0 Å². The van der Waals surface area contributed by atoms with E-state index in [4.69, 9.17) is 32.7 Å². The Morgan fingerprint density at radius 2 is 1.76 bits per heavy atom. The zero-order valence-corrected chi connectivity index (χ0v) is 20.2. The van der Waals surface area contributed by atoms with Crippen molar-refractivity contribution >= 4 is 52.2 Å². The number of benzene rings is 3. The van der Waals surface area contributed by atoms with Gasteiger partial charge in [0.05, 0.1) is 18.6 Å². The highest BCUT2D eigenvalue weighted by molar-refractivity contribution is 8.18. The molecule has 0 aromatic heterocycles. The topological polar surface area (TPSA) is 55.8 Å². The molecule has 1 saturated heterocycles. The van der Waals surface area contributed by atoms with E-state index in [2.05, 4.69) is 0 Å². The third-order valence-electron chi connectivity index (χ3n) is 5.04. The van der Waals surface area contributed by atoms with E-state index in [1.54, 1.807) is 30.3 Å². The molecule has 34 heavy (non-hydrogen) atoms. The summed E-state index contributed by atoms with van der Waals surface area (Å²) in [5, 5.41) is 0.311. The number of nitrogens with zero attached hydrogens (tertiary/aromatic N) is 1. The van der Waals surface area contributed by atoms with E-state index in [0.29, 0.717) is 27.6 Å². The Hall–Kier alpha value is -3.00. The molecule has 0 atom stereocenters. The first kappa shape index (κ1) is 24.1. The summed E-state index contributed by atoms with van der Waals surface area (Å²) in [6.07, 6.45) is 1.61. The van der Waals surface area contributed by atoms with Gasteiger partial charge in [-0.25, -0.2) is 4.39 Å². The summed E-state index contributed by atoms with van der Waals surface area (Å²) in [7, 11) is 1.53. The maximum Gasteiger partial charge on any atom is 0.293 e. The van der Waals surface area contributed by atoms with E-state index in [-0.39, 0.29) is 23.1 Å². The molecule has 3 aromatic rings. The number of carbonyl (C=O) groups is 2. The zero-order chi connectivity index (χ0) is 24.2. The molecule has 2 amide bonds. The molecule has 0 saturated carbocycles. The second-order valence-electron chi connectivity index (χ2n) is 7.29. The summed E-state index contributed by atoms with van der Waals surface area (Å²) >= 11 is 13.1. The number of halogens is 3. The maximum atomic E-state index is 13.3. The third kappa shape index (κ3) is 5.38. The van der Waals surface area contributed by atoms with Gasteiger partial charge in [-0.3, -0.25) is 14.5 Å². The Labute approximate surface area is 210 Å². The van der Waals surface area contributed by atoms with E-state index < -0.39 is 17.0 Å². The van der Waals surface area contributed by atoms with Gasteiger partial charge in [0, 0.05) is 15.6 Å². The molecule has 1 aliphatic heterocycles. The summed E-state index contributed by atoms with van der Waals surface area (Å²) in [5.41, 5.74) is 1.95. The van der Waals surface area contributed by atoms with Crippen LogP contribution in [0.5, 0.6) is 11.5 Å². The molecule has 0 spiro atoms. The first-order valence-electron chi connectivity index (χ1n) is 10.1. The van der Waals surface area contributed by atoms with Crippen molar-refractivity contribution in [3.63, 3.8) is 0 Å². The SMILES string of the molecule is COc1ccc(/C=C2\SC(=O)N(Cc3ccc(F)cc3Cl)C2=O)cc1OCc1ccccc1Cl. The molecule has 174 valence electrons. The zero-order valence-electron chi connectivity index (χ0n) is 17.9. The van der Waals surface area contributed by atoms with Gasteiger partial charge in [0.15, 0.2) is 11.5 Å². The van der Waals surface area contributed by atoms with Gasteiger partial charge in [0.25, 0.3) is 11.1 Å². The molecule has 0 N–H and O–H groups in total. The summed E-state index contributed by atoms with van der Waals surface area (Å²) in [5.74, 6) is 0.0383. The summed E-state index contributed by atoms with van der Waals surface area (Å²) in [4.78, 5) is 26.7. The summed E-state index contributed by atoms with van der Waals surface area (Å²) in [6.45, 7) is 0.185. The number of hydrogen-bond acceptors (Lipinski definition) is 5. The van der Waals surface area contributed by atoms with Gasteiger partial charge in [-0.05, 0) is 59.3 Å². The molecule has 3 aromatic carbocycles. The van der Waals surface area contributed by atoms with Crippen molar-refractivity contribution in [3.8, 4) is 11.5 Å². The molecule has 0 aliphatic carbocycles. The quantitative estimate of drug-likeness (QED) is 0.317. The van der Waals surface area contributed by atoms with Crippen LogP contribution in [0.4, 0.5) is 9.18 Å². The number of carbonyl (C=O) groups excluding carboxylic acids is 2. The lowest BCUT2D eigenvalue weighted by Crippen LogP contribution is -2.27. The van der Waals surface area contributed by atoms with Crippen molar-refractivity contribution < 1.29 is 23.5 Å². The molecule has 4 rings (SSSR count). The van der Waals surface area contributed by atoms with Crippen LogP contribution in [0.15, 0.2) is 65.6 Å². The first-order chi connectivity index (χ1) is 16.4. The molecule has 9 heteroatoms. The Bertz CT molecular complexity index is 1300. The van der Waals surface area contributed by atoms with Crippen LogP contribution in [-0.2, 0) is 17.9 Å². The third-order valence-corrected chi connectivity index (χ3v) is 6.67. The van der Waals surface area contributed by atoms with Gasteiger partial charge in [-0.15, -0.1) is 0 Å². The minimum absolute atomic E-state index is 0.0457. The van der Waals surface area contributed by atoms with Gasteiger partial charge in [-0.2, -0.15) is 0 Å². The van der Waals surface area contributed by atoms with Crippen LogP contribution in [-0.4, -0.2) is 23.2 Å². The fourth-order valence-electron chi connectivity index (χ4n) is 3.27. The fourth-order valence-corrected chi connectivity index (χ4v) is 4.53. The molecule has 0 unspecified atom stereocenters. The maximum absolute atomic E-state index is 13.3. The van der Waals surface area contributed by atoms with Gasteiger partial charge in [0.1, 0.15) is 12.4 Å². The number of hydrogen-bond donors (Lipinski definition) is 0. The predicted molar refractivity (Wildman–Crippen MR) is 132 cm³/mol. The molecule has 0 bridgehead atoms. The van der Waals surface area contributed by atoms with Crippen LogP contribution in [0.2, 0.25) is 10.0 Å². The largest absolute Gasteiger partial charge is 0.493 e. The van der Waals surface area contributed by atoms with Crippen LogP contribution in [0.1, 0.15) is 16.7 Å². The number of methoxy groups -OCH3 is 1. The van der Waals surface area contributed by atoms with Crippen LogP contribution in [0.25, 0.3) is 6.08 Å². The molecular formula is C25H18Cl2FNO4S.